The Bertz CT molecular complexity index is 795. The van der Waals surface area contributed by atoms with Gasteiger partial charge in [-0.3, -0.25) is 9.36 Å². The monoisotopic (exact) mass is 300 g/mol. The second kappa shape index (κ2) is 4.75. The van der Waals surface area contributed by atoms with E-state index in [-0.39, 0.29) is 17.3 Å². The lowest BCUT2D eigenvalue weighted by Gasteiger charge is -2.19. The summed E-state index contributed by atoms with van der Waals surface area (Å²) in [7, 11) is 0. The van der Waals surface area contributed by atoms with Crippen molar-refractivity contribution in [2.45, 2.75) is 33.5 Å². The van der Waals surface area contributed by atoms with Gasteiger partial charge in [-0.05, 0) is 17.5 Å². The molecular weight excluding hydrogens is 285 g/mol. The summed E-state index contributed by atoms with van der Waals surface area (Å²) in [5.74, 6) is 0. The molecule has 0 aliphatic heterocycles. The number of aromatic nitrogens is 2. The summed E-state index contributed by atoms with van der Waals surface area (Å²) < 4.78 is 39.7. The molecular formula is C14H15F3N2O2. The van der Waals surface area contributed by atoms with E-state index < -0.39 is 28.5 Å². The summed E-state index contributed by atoms with van der Waals surface area (Å²) in [6.07, 6.45) is -4.63. The van der Waals surface area contributed by atoms with Crippen LogP contribution in [-0.4, -0.2) is 9.55 Å². The average molecular weight is 300 g/mol. The molecule has 0 saturated carbocycles. The number of halogens is 3. The third-order valence-corrected chi connectivity index (χ3v) is 2.95. The molecule has 0 amide bonds. The smallest absolute Gasteiger partial charge is 0.306 e. The van der Waals surface area contributed by atoms with E-state index in [9.17, 15) is 22.8 Å². The Labute approximate surface area is 118 Å². The van der Waals surface area contributed by atoms with Gasteiger partial charge in [-0.25, -0.2) is 4.79 Å². The Morgan fingerprint density at radius 3 is 2.29 bits per heavy atom. The van der Waals surface area contributed by atoms with Crippen LogP contribution in [0.5, 0.6) is 0 Å². The van der Waals surface area contributed by atoms with Crippen molar-refractivity contribution in [2.24, 2.45) is 5.41 Å². The minimum Gasteiger partial charge on any atom is -0.306 e. The van der Waals surface area contributed by atoms with Crippen molar-refractivity contribution in [1.29, 1.82) is 0 Å². The first kappa shape index (κ1) is 15.3. The van der Waals surface area contributed by atoms with Crippen molar-refractivity contribution in [3.63, 3.8) is 0 Å². The zero-order chi connectivity index (χ0) is 16.0. The van der Waals surface area contributed by atoms with Crippen LogP contribution in [0.2, 0.25) is 0 Å². The molecule has 1 heterocycles. The number of hydrogen-bond donors (Lipinski definition) is 1. The number of H-pyrrole nitrogens is 1. The largest absolute Gasteiger partial charge is 0.418 e. The quantitative estimate of drug-likeness (QED) is 0.880. The first-order valence-corrected chi connectivity index (χ1v) is 6.34. The molecule has 0 atom stereocenters. The Hall–Kier alpha value is -2.05. The number of rotatable bonds is 1. The zero-order valence-electron chi connectivity index (χ0n) is 11.8. The van der Waals surface area contributed by atoms with Crippen molar-refractivity contribution in [1.82, 2.24) is 9.55 Å². The molecule has 2 rings (SSSR count). The van der Waals surface area contributed by atoms with Crippen LogP contribution < -0.4 is 11.2 Å². The Balaban J connectivity index is 2.82. The van der Waals surface area contributed by atoms with E-state index in [1.165, 1.54) is 6.07 Å². The molecule has 0 fully saturated rings. The highest BCUT2D eigenvalue weighted by Crippen LogP contribution is 2.32. The lowest BCUT2D eigenvalue weighted by Crippen LogP contribution is -2.39. The van der Waals surface area contributed by atoms with E-state index in [4.69, 9.17) is 0 Å². The molecule has 1 aromatic carbocycles. The number of benzene rings is 1. The fourth-order valence-corrected chi connectivity index (χ4v) is 2.13. The van der Waals surface area contributed by atoms with Crippen LogP contribution in [0, 0.1) is 5.41 Å². The molecule has 0 unspecified atom stereocenters. The number of nitrogens with zero attached hydrogens (tertiary/aromatic N) is 1. The molecule has 0 aliphatic rings. The van der Waals surface area contributed by atoms with Gasteiger partial charge < -0.3 is 4.98 Å². The maximum absolute atomic E-state index is 12.9. The zero-order valence-corrected chi connectivity index (χ0v) is 11.8. The fraction of sp³-hybridized carbons (Fsp3) is 0.429. The van der Waals surface area contributed by atoms with Crippen LogP contribution in [0.1, 0.15) is 26.3 Å². The number of aromatic amines is 1. The lowest BCUT2D eigenvalue weighted by atomic mass is 9.97. The summed E-state index contributed by atoms with van der Waals surface area (Å²) in [5, 5.41) is -0.145. The van der Waals surface area contributed by atoms with Crippen LogP contribution >= 0.6 is 0 Å². The van der Waals surface area contributed by atoms with E-state index in [1.807, 2.05) is 20.8 Å². The maximum atomic E-state index is 12.9. The average Bonchev–Trinajstić information content (AvgIpc) is 2.31. The molecule has 7 heteroatoms. The van der Waals surface area contributed by atoms with Crippen LogP contribution in [-0.2, 0) is 12.7 Å². The number of alkyl halides is 3. The molecule has 0 radical (unpaired) electrons. The maximum Gasteiger partial charge on any atom is 0.418 e. The fourth-order valence-electron chi connectivity index (χ4n) is 2.13. The first-order valence-electron chi connectivity index (χ1n) is 6.34. The van der Waals surface area contributed by atoms with Crippen molar-refractivity contribution >= 4 is 10.9 Å². The molecule has 0 bridgehead atoms. The summed E-state index contributed by atoms with van der Waals surface area (Å²) >= 11 is 0. The first-order chi connectivity index (χ1) is 9.50. The third-order valence-electron chi connectivity index (χ3n) is 2.95. The SMILES string of the molecule is CC(C)(C)Cn1c(=O)[nH]c2c(C(F)(F)F)cccc2c1=O. The highest BCUT2D eigenvalue weighted by molar-refractivity contribution is 5.81. The molecule has 0 spiro atoms. The summed E-state index contributed by atoms with van der Waals surface area (Å²) in [4.78, 5) is 26.4. The minimum absolute atomic E-state index is 0.118. The molecule has 2 aromatic rings. The third kappa shape index (κ3) is 3.01. The van der Waals surface area contributed by atoms with Gasteiger partial charge in [0.05, 0.1) is 16.5 Å². The number of nitrogens with one attached hydrogen (secondary N) is 1. The van der Waals surface area contributed by atoms with E-state index in [2.05, 4.69) is 4.98 Å². The number of hydrogen-bond acceptors (Lipinski definition) is 2. The summed E-state index contributed by atoms with van der Waals surface area (Å²) in [6.45, 7) is 5.60. The van der Waals surface area contributed by atoms with Gasteiger partial charge in [0.1, 0.15) is 0 Å². The molecule has 1 N–H and O–H groups in total. The predicted molar refractivity (Wildman–Crippen MR) is 73.3 cm³/mol. The van der Waals surface area contributed by atoms with Crippen molar-refractivity contribution < 1.29 is 13.2 Å². The lowest BCUT2D eigenvalue weighted by molar-refractivity contribution is -0.136. The molecule has 21 heavy (non-hydrogen) atoms. The molecule has 0 aliphatic carbocycles. The van der Waals surface area contributed by atoms with E-state index in [0.717, 1.165) is 16.7 Å². The van der Waals surface area contributed by atoms with Crippen LogP contribution in [0.15, 0.2) is 27.8 Å². The van der Waals surface area contributed by atoms with Crippen LogP contribution in [0.25, 0.3) is 10.9 Å². The Morgan fingerprint density at radius 2 is 1.76 bits per heavy atom. The van der Waals surface area contributed by atoms with Gasteiger partial charge >= 0.3 is 11.9 Å². The Morgan fingerprint density at radius 1 is 1.14 bits per heavy atom. The van der Waals surface area contributed by atoms with E-state index in [1.54, 1.807) is 0 Å². The van der Waals surface area contributed by atoms with Crippen molar-refractivity contribution in [2.75, 3.05) is 0 Å². The number of fused-ring (bicyclic) bond motifs is 1. The predicted octanol–water partition coefficient (Wildman–Crippen LogP) is 2.75. The van der Waals surface area contributed by atoms with Gasteiger partial charge in [0.2, 0.25) is 0 Å². The number of para-hydroxylation sites is 1. The normalized spacial score (nSPS) is 12.9. The van der Waals surface area contributed by atoms with E-state index >= 15 is 0 Å². The van der Waals surface area contributed by atoms with E-state index in [0.29, 0.717) is 0 Å². The summed E-state index contributed by atoms with van der Waals surface area (Å²) in [5.41, 5.74) is -3.39. The molecule has 114 valence electrons. The second-order valence-electron chi connectivity index (χ2n) is 6.11. The van der Waals surface area contributed by atoms with Gasteiger partial charge in [0.15, 0.2) is 0 Å². The molecule has 4 nitrogen and oxygen atoms in total. The molecule has 1 aromatic heterocycles. The van der Waals surface area contributed by atoms with Gasteiger partial charge in [-0.1, -0.05) is 26.8 Å². The van der Waals surface area contributed by atoms with Gasteiger partial charge in [0.25, 0.3) is 5.56 Å². The van der Waals surface area contributed by atoms with Crippen LogP contribution in [0.3, 0.4) is 0 Å². The Kier molecular flexibility index (Phi) is 3.47. The minimum atomic E-state index is -4.63. The van der Waals surface area contributed by atoms with Crippen molar-refractivity contribution in [3.05, 3.63) is 44.6 Å². The van der Waals surface area contributed by atoms with Crippen LogP contribution in [0.4, 0.5) is 13.2 Å². The van der Waals surface area contributed by atoms with Gasteiger partial charge in [-0.2, -0.15) is 13.2 Å². The highest BCUT2D eigenvalue weighted by Gasteiger charge is 2.33. The summed E-state index contributed by atoms with van der Waals surface area (Å²) in [6, 6.07) is 3.28. The molecule has 0 saturated heterocycles. The van der Waals surface area contributed by atoms with Gasteiger partial charge in [-0.15, -0.1) is 0 Å². The second-order valence-corrected chi connectivity index (χ2v) is 6.11. The van der Waals surface area contributed by atoms with Crippen molar-refractivity contribution in [3.8, 4) is 0 Å². The van der Waals surface area contributed by atoms with Gasteiger partial charge in [0, 0.05) is 6.54 Å². The topological polar surface area (TPSA) is 54.9 Å². The standard InChI is InChI=1S/C14H15F3N2O2/c1-13(2,3)7-19-11(20)8-5-4-6-9(14(15,16)17)10(8)18-12(19)21/h4-6H,7H2,1-3H3,(H,18,21). The highest BCUT2D eigenvalue weighted by atomic mass is 19.4.